The Morgan fingerprint density at radius 2 is 1.83 bits per heavy atom. The lowest BCUT2D eigenvalue weighted by atomic mass is 10.1. The van der Waals surface area contributed by atoms with Gasteiger partial charge in [-0.15, -0.1) is 0 Å². The fraction of sp³-hybridized carbons (Fsp3) is 0. The molecule has 0 saturated carbocycles. The first-order chi connectivity index (χ1) is 5.75. The second-order valence-electron chi connectivity index (χ2n) is 2.34. The van der Waals surface area contributed by atoms with Crippen molar-refractivity contribution in [3.8, 4) is 0 Å². The SMILES string of the molecule is C=C(C=O)C(=O)c1ccccc1. The molecule has 1 rings (SSSR count). The van der Waals surface area contributed by atoms with Crippen molar-refractivity contribution in [3.63, 3.8) is 0 Å². The quantitative estimate of drug-likeness (QED) is 0.221. The van der Waals surface area contributed by atoms with Gasteiger partial charge in [0.2, 0.25) is 0 Å². The van der Waals surface area contributed by atoms with Crippen LogP contribution in [0, 0.1) is 0 Å². The van der Waals surface area contributed by atoms with E-state index in [-0.39, 0.29) is 11.4 Å². The predicted molar refractivity (Wildman–Crippen MR) is 46.0 cm³/mol. The monoisotopic (exact) mass is 160 g/mol. The molecule has 0 heterocycles. The fourth-order valence-corrected chi connectivity index (χ4v) is 0.828. The zero-order valence-corrected chi connectivity index (χ0v) is 6.49. The lowest BCUT2D eigenvalue weighted by Crippen LogP contribution is -2.02. The van der Waals surface area contributed by atoms with Gasteiger partial charge in [0.1, 0.15) is 0 Å². The minimum atomic E-state index is -0.314. The maximum atomic E-state index is 11.2. The van der Waals surface area contributed by atoms with Gasteiger partial charge in [0.05, 0.1) is 5.57 Å². The van der Waals surface area contributed by atoms with Gasteiger partial charge in [0.25, 0.3) is 0 Å². The number of ketones is 1. The molecule has 0 aliphatic rings. The van der Waals surface area contributed by atoms with Crippen LogP contribution in [0.15, 0.2) is 42.5 Å². The van der Waals surface area contributed by atoms with Gasteiger partial charge in [-0.1, -0.05) is 36.9 Å². The molecular weight excluding hydrogens is 152 g/mol. The molecule has 12 heavy (non-hydrogen) atoms. The summed E-state index contributed by atoms with van der Waals surface area (Å²) in [7, 11) is 0. The van der Waals surface area contributed by atoms with Crippen LogP contribution in [0.1, 0.15) is 10.4 Å². The van der Waals surface area contributed by atoms with Crippen LogP contribution in [0.2, 0.25) is 0 Å². The Morgan fingerprint density at radius 1 is 1.25 bits per heavy atom. The van der Waals surface area contributed by atoms with Crippen molar-refractivity contribution in [3.05, 3.63) is 48.0 Å². The molecule has 0 aliphatic heterocycles. The van der Waals surface area contributed by atoms with Crippen molar-refractivity contribution >= 4 is 12.1 Å². The highest BCUT2D eigenvalue weighted by atomic mass is 16.1. The Bertz CT molecular complexity index is 312. The van der Waals surface area contributed by atoms with Gasteiger partial charge in [0.15, 0.2) is 12.1 Å². The van der Waals surface area contributed by atoms with E-state index in [9.17, 15) is 9.59 Å². The molecule has 0 unspecified atom stereocenters. The van der Waals surface area contributed by atoms with Gasteiger partial charge in [-0.25, -0.2) is 0 Å². The maximum Gasteiger partial charge on any atom is 0.195 e. The van der Waals surface area contributed by atoms with Crippen molar-refractivity contribution in [1.29, 1.82) is 0 Å². The van der Waals surface area contributed by atoms with Crippen LogP contribution < -0.4 is 0 Å². The summed E-state index contributed by atoms with van der Waals surface area (Å²) in [6.07, 6.45) is 0.468. The third kappa shape index (κ3) is 1.66. The number of carbonyl (C=O) groups is 2. The number of benzene rings is 1. The van der Waals surface area contributed by atoms with Crippen LogP contribution in [0.5, 0.6) is 0 Å². The highest BCUT2D eigenvalue weighted by Gasteiger charge is 2.07. The first kappa shape index (κ1) is 8.40. The van der Waals surface area contributed by atoms with E-state index in [2.05, 4.69) is 6.58 Å². The van der Waals surface area contributed by atoms with Crippen molar-refractivity contribution in [2.75, 3.05) is 0 Å². The van der Waals surface area contributed by atoms with Crippen LogP contribution in [0.3, 0.4) is 0 Å². The molecule has 60 valence electrons. The molecule has 0 N–H and O–H groups in total. The van der Waals surface area contributed by atoms with E-state index in [1.165, 1.54) is 0 Å². The average Bonchev–Trinajstić information content (AvgIpc) is 2.17. The van der Waals surface area contributed by atoms with Crippen LogP contribution >= 0.6 is 0 Å². The second kappa shape index (κ2) is 3.62. The largest absolute Gasteiger partial charge is 0.298 e. The summed E-state index contributed by atoms with van der Waals surface area (Å²) in [4.78, 5) is 21.4. The van der Waals surface area contributed by atoms with Crippen LogP contribution in [0.4, 0.5) is 0 Å². The Balaban J connectivity index is 2.93. The molecule has 1 aromatic carbocycles. The Labute approximate surface area is 70.5 Å². The standard InChI is InChI=1S/C10H8O2/c1-8(7-11)10(12)9-5-3-2-4-6-9/h2-7H,1H2. The molecular formula is C10H8O2. The Kier molecular flexibility index (Phi) is 2.53. The van der Waals surface area contributed by atoms with Gasteiger partial charge in [-0.2, -0.15) is 0 Å². The molecule has 0 aromatic heterocycles. The second-order valence-corrected chi connectivity index (χ2v) is 2.34. The molecule has 0 saturated heterocycles. The van der Waals surface area contributed by atoms with Gasteiger partial charge < -0.3 is 0 Å². The van der Waals surface area contributed by atoms with E-state index in [1.54, 1.807) is 30.3 Å². The minimum Gasteiger partial charge on any atom is -0.298 e. The summed E-state index contributed by atoms with van der Waals surface area (Å²) in [6, 6.07) is 8.59. The molecule has 0 bridgehead atoms. The molecule has 0 amide bonds. The number of carbonyl (C=O) groups excluding carboxylic acids is 2. The number of rotatable bonds is 3. The molecule has 1 aromatic rings. The molecule has 0 spiro atoms. The van der Waals surface area contributed by atoms with Crippen LogP contribution in [0.25, 0.3) is 0 Å². The van der Waals surface area contributed by atoms with Crippen LogP contribution in [-0.4, -0.2) is 12.1 Å². The summed E-state index contributed by atoms with van der Waals surface area (Å²) in [5, 5.41) is 0. The summed E-state index contributed by atoms with van der Waals surface area (Å²) in [6.45, 7) is 3.33. The van der Waals surface area contributed by atoms with Crippen molar-refractivity contribution in [2.45, 2.75) is 0 Å². The van der Waals surface area contributed by atoms with Crippen molar-refractivity contribution in [2.24, 2.45) is 0 Å². The first-order valence-electron chi connectivity index (χ1n) is 3.49. The van der Waals surface area contributed by atoms with E-state index < -0.39 is 0 Å². The summed E-state index contributed by atoms with van der Waals surface area (Å²) in [5.41, 5.74) is 0.482. The zero-order chi connectivity index (χ0) is 8.97. The molecule has 0 atom stereocenters. The normalized spacial score (nSPS) is 9.00. The molecule has 0 fully saturated rings. The predicted octanol–water partition coefficient (Wildman–Crippen LogP) is 1.62. The van der Waals surface area contributed by atoms with Gasteiger partial charge in [0, 0.05) is 5.56 Å². The topological polar surface area (TPSA) is 34.1 Å². The van der Waals surface area contributed by atoms with Crippen molar-refractivity contribution in [1.82, 2.24) is 0 Å². The highest BCUT2D eigenvalue weighted by molar-refractivity contribution is 6.19. The molecule has 0 aliphatic carbocycles. The minimum absolute atomic E-state index is 0.0128. The van der Waals surface area contributed by atoms with Gasteiger partial charge in [-0.3, -0.25) is 9.59 Å². The average molecular weight is 160 g/mol. The lowest BCUT2D eigenvalue weighted by Gasteiger charge is -1.96. The summed E-state index contributed by atoms with van der Waals surface area (Å²) in [5.74, 6) is -0.314. The lowest BCUT2D eigenvalue weighted by molar-refractivity contribution is -0.104. The number of hydrogen-bond donors (Lipinski definition) is 0. The van der Waals surface area contributed by atoms with E-state index in [1.807, 2.05) is 0 Å². The fourth-order valence-electron chi connectivity index (χ4n) is 0.828. The Hall–Kier alpha value is -1.70. The van der Waals surface area contributed by atoms with Crippen LogP contribution in [-0.2, 0) is 4.79 Å². The smallest absolute Gasteiger partial charge is 0.195 e. The Morgan fingerprint density at radius 3 is 2.33 bits per heavy atom. The third-order valence-corrected chi connectivity index (χ3v) is 1.47. The first-order valence-corrected chi connectivity index (χ1v) is 3.49. The zero-order valence-electron chi connectivity index (χ0n) is 6.49. The molecule has 2 nitrogen and oxygen atoms in total. The number of hydrogen-bond acceptors (Lipinski definition) is 2. The number of aldehydes is 1. The number of allylic oxidation sites excluding steroid dienone is 1. The van der Waals surface area contributed by atoms with E-state index >= 15 is 0 Å². The van der Waals surface area contributed by atoms with Gasteiger partial charge >= 0.3 is 0 Å². The maximum absolute atomic E-state index is 11.2. The third-order valence-electron chi connectivity index (χ3n) is 1.47. The summed E-state index contributed by atoms with van der Waals surface area (Å²) < 4.78 is 0. The van der Waals surface area contributed by atoms with Crippen molar-refractivity contribution < 1.29 is 9.59 Å². The van der Waals surface area contributed by atoms with E-state index in [4.69, 9.17) is 0 Å². The highest BCUT2D eigenvalue weighted by Crippen LogP contribution is 2.04. The summed E-state index contributed by atoms with van der Waals surface area (Å²) >= 11 is 0. The van der Waals surface area contributed by atoms with E-state index in [0.717, 1.165) is 0 Å². The van der Waals surface area contributed by atoms with Gasteiger partial charge in [-0.05, 0) is 0 Å². The molecule has 2 heteroatoms. The molecule has 0 radical (unpaired) electrons. The van der Waals surface area contributed by atoms with E-state index in [0.29, 0.717) is 11.8 Å². The number of Topliss-reactive ketones (excluding diaryl/α,β-unsaturated/α-hetero) is 1.